The van der Waals surface area contributed by atoms with Gasteiger partial charge in [-0.25, -0.2) is 0 Å². The summed E-state index contributed by atoms with van der Waals surface area (Å²) >= 11 is 0. The summed E-state index contributed by atoms with van der Waals surface area (Å²) < 4.78 is 5.66. The van der Waals surface area contributed by atoms with Gasteiger partial charge in [0.15, 0.2) is 0 Å². The van der Waals surface area contributed by atoms with Gasteiger partial charge >= 0.3 is 0 Å². The first-order chi connectivity index (χ1) is 8.60. The van der Waals surface area contributed by atoms with Crippen molar-refractivity contribution in [1.82, 2.24) is 0 Å². The molecule has 0 radical (unpaired) electrons. The summed E-state index contributed by atoms with van der Waals surface area (Å²) in [5, 5.41) is 0. The number of carbonyl (C=O) groups excluding carboxylic acids is 1. The van der Waals surface area contributed by atoms with Crippen LogP contribution in [0.3, 0.4) is 0 Å². The highest BCUT2D eigenvalue weighted by Gasteiger charge is 2.54. The zero-order valence-corrected chi connectivity index (χ0v) is 13.3. The number of methoxy groups -OCH3 is 1. The highest BCUT2D eigenvalue weighted by atomic mass is 16.5. The molecule has 0 amide bonds. The second-order valence-electron chi connectivity index (χ2n) is 7.53. The molecule has 106 valence electrons. The lowest BCUT2D eigenvalue weighted by molar-refractivity contribution is -0.113. The summed E-state index contributed by atoms with van der Waals surface area (Å²) in [4.78, 5) is 11.5. The molecule has 2 aliphatic rings. The van der Waals surface area contributed by atoms with E-state index in [4.69, 9.17) is 4.74 Å². The van der Waals surface area contributed by atoms with Crippen LogP contribution in [0.5, 0.6) is 0 Å². The quantitative estimate of drug-likeness (QED) is 0.700. The van der Waals surface area contributed by atoms with Gasteiger partial charge in [0, 0.05) is 11.8 Å². The SMILES string of the molecule is COC1=C2C(=CC(C)(C=O)C1)C(C)(C)C(C)C2(C)C. The van der Waals surface area contributed by atoms with Gasteiger partial charge in [-0.2, -0.15) is 0 Å². The van der Waals surface area contributed by atoms with Gasteiger partial charge in [-0.15, -0.1) is 0 Å². The van der Waals surface area contributed by atoms with Gasteiger partial charge in [-0.1, -0.05) is 40.7 Å². The van der Waals surface area contributed by atoms with Crippen molar-refractivity contribution in [2.24, 2.45) is 22.2 Å². The first kappa shape index (κ1) is 14.4. The van der Waals surface area contributed by atoms with Gasteiger partial charge in [0.05, 0.1) is 7.11 Å². The van der Waals surface area contributed by atoms with E-state index in [1.807, 2.05) is 6.92 Å². The lowest BCUT2D eigenvalue weighted by atomic mass is 9.72. The molecule has 0 heterocycles. The van der Waals surface area contributed by atoms with Gasteiger partial charge in [0.2, 0.25) is 0 Å². The third-order valence-electron chi connectivity index (χ3n) is 5.58. The lowest BCUT2D eigenvalue weighted by Gasteiger charge is -2.33. The minimum atomic E-state index is -0.429. The predicted octanol–water partition coefficient (Wildman–Crippen LogP) is 4.12. The first-order valence-electron chi connectivity index (χ1n) is 7.08. The number of fused-ring (bicyclic) bond motifs is 1. The minimum Gasteiger partial charge on any atom is -0.501 e. The summed E-state index contributed by atoms with van der Waals surface area (Å²) in [6.45, 7) is 13.4. The van der Waals surface area contributed by atoms with E-state index in [0.717, 1.165) is 12.0 Å². The van der Waals surface area contributed by atoms with Gasteiger partial charge in [0.25, 0.3) is 0 Å². The Labute approximate surface area is 116 Å². The molecule has 0 N–H and O–H groups in total. The van der Waals surface area contributed by atoms with Crippen LogP contribution in [0.15, 0.2) is 23.0 Å². The van der Waals surface area contributed by atoms with Crippen molar-refractivity contribution in [2.45, 2.75) is 48.0 Å². The maximum atomic E-state index is 11.5. The Balaban J connectivity index is 2.72. The molecule has 2 heteroatoms. The van der Waals surface area contributed by atoms with Crippen molar-refractivity contribution >= 4 is 6.29 Å². The fourth-order valence-corrected chi connectivity index (χ4v) is 3.85. The van der Waals surface area contributed by atoms with Crippen LogP contribution in [0.25, 0.3) is 0 Å². The van der Waals surface area contributed by atoms with Crippen molar-refractivity contribution < 1.29 is 9.53 Å². The molecule has 2 rings (SSSR count). The van der Waals surface area contributed by atoms with Crippen LogP contribution in [0.1, 0.15) is 48.0 Å². The Morgan fingerprint density at radius 3 is 2.26 bits per heavy atom. The van der Waals surface area contributed by atoms with Gasteiger partial charge in [-0.3, -0.25) is 0 Å². The summed E-state index contributed by atoms with van der Waals surface area (Å²) in [6.07, 6.45) is 3.92. The molecule has 19 heavy (non-hydrogen) atoms. The smallest absolute Gasteiger partial charge is 0.130 e. The van der Waals surface area contributed by atoms with Crippen LogP contribution in [0.2, 0.25) is 0 Å². The van der Waals surface area contributed by atoms with E-state index in [0.29, 0.717) is 12.3 Å². The Hall–Kier alpha value is -1.05. The van der Waals surface area contributed by atoms with E-state index in [1.165, 1.54) is 11.1 Å². The molecule has 1 fully saturated rings. The van der Waals surface area contributed by atoms with E-state index >= 15 is 0 Å². The summed E-state index contributed by atoms with van der Waals surface area (Å²) in [7, 11) is 1.72. The van der Waals surface area contributed by atoms with Crippen molar-refractivity contribution in [2.75, 3.05) is 7.11 Å². The number of hydrogen-bond acceptors (Lipinski definition) is 2. The molecule has 1 saturated carbocycles. The second kappa shape index (κ2) is 3.97. The van der Waals surface area contributed by atoms with Crippen molar-refractivity contribution in [1.29, 1.82) is 0 Å². The number of aldehydes is 1. The highest BCUT2D eigenvalue weighted by Crippen LogP contribution is 2.63. The number of ether oxygens (including phenoxy) is 1. The number of carbonyl (C=O) groups is 1. The predicted molar refractivity (Wildman–Crippen MR) is 77.6 cm³/mol. The largest absolute Gasteiger partial charge is 0.501 e. The van der Waals surface area contributed by atoms with Crippen LogP contribution in [0.4, 0.5) is 0 Å². The molecule has 0 aromatic heterocycles. The van der Waals surface area contributed by atoms with Gasteiger partial charge < -0.3 is 9.53 Å². The van der Waals surface area contributed by atoms with E-state index in [2.05, 4.69) is 40.7 Å². The number of hydrogen-bond donors (Lipinski definition) is 0. The monoisotopic (exact) mass is 262 g/mol. The maximum absolute atomic E-state index is 11.5. The molecule has 2 atom stereocenters. The number of rotatable bonds is 2. The van der Waals surface area contributed by atoms with Gasteiger partial charge in [-0.05, 0) is 34.8 Å². The standard InChI is InChI=1S/C17H26O2/c1-11-15(2,3)12-8-17(6,10-18)9-13(19-7)14(12)16(11,4)5/h8,10-11H,9H2,1-7H3. The maximum Gasteiger partial charge on any atom is 0.130 e. The highest BCUT2D eigenvalue weighted by molar-refractivity contribution is 5.67. The van der Waals surface area contributed by atoms with Crippen LogP contribution in [-0.4, -0.2) is 13.4 Å². The van der Waals surface area contributed by atoms with E-state index in [-0.39, 0.29) is 10.8 Å². The molecule has 0 bridgehead atoms. The van der Waals surface area contributed by atoms with Crippen molar-refractivity contribution in [3.8, 4) is 0 Å². The van der Waals surface area contributed by atoms with Gasteiger partial charge in [0.1, 0.15) is 12.0 Å². The van der Waals surface area contributed by atoms with E-state index < -0.39 is 5.41 Å². The van der Waals surface area contributed by atoms with E-state index in [1.54, 1.807) is 7.11 Å². The molecule has 2 nitrogen and oxygen atoms in total. The molecular formula is C17H26O2. The van der Waals surface area contributed by atoms with Crippen LogP contribution in [0, 0.1) is 22.2 Å². The third-order valence-corrected chi connectivity index (χ3v) is 5.58. The molecule has 0 aliphatic heterocycles. The molecule has 0 saturated heterocycles. The van der Waals surface area contributed by atoms with E-state index in [9.17, 15) is 4.79 Å². The third kappa shape index (κ3) is 1.79. The molecule has 0 aromatic rings. The van der Waals surface area contributed by atoms with Crippen LogP contribution in [-0.2, 0) is 9.53 Å². The fourth-order valence-electron chi connectivity index (χ4n) is 3.85. The summed E-state index contributed by atoms with van der Waals surface area (Å²) in [5.41, 5.74) is 2.37. The molecular weight excluding hydrogens is 236 g/mol. The molecule has 0 aromatic carbocycles. The fraction of sp³-hybridized carbons (Fsp3) is 0.706. The molecule has 2 unspecified atom stereocenters. The Morgan fingerprint density at radius 1 is 1.21 bits per heavy atom. The Kier molecular flexibility index (Phi) is 3.00. The molecule has 2 aliphatic carbocycles. The van der Waals surface area contributed by atoms with Crippen LogP contribution >= 0.6 is 0 Å². The number of allylic oxidation sites excluding steroid dienone is 4. The second-order valence-corrected chi connectivity index (χ2v) is 7.53. The van der Waals surface area contributed by atoms with Crippen LogP contribution < -0.4 is 0 Å². The first-order valence-corrected chi connectivity index (χ1v) is 7.08. The lowest BCUT2D eigenvalue weighted by Crippen LogP contribution is -2.25. The van der Waals surface area contributed by atoms with Crippen molar-refractivity contribution in [3.05, 3.63) is 23.0 Å². The average molecular weight is 262 g/mol. The Morgan fingerprint density at radius 2 is 1.79 bits per heavy atom. The summed E-state index contributed by atoms with van der Waals surface area (Å²) in [6, 6.07) is 0. The van der Waals surface area contributed by atoms with Crippen molar-refractivity contribution in [3.63, 3.8) is 0 Å². The topological polar surface area (TPSA) is 26.3 Å². The Bertz CT molecular complexity index is 479. The summed E-state index contributed by atoms with van der Waals surface area (Å²) in [5.74, 6) is 1.51. The zero-order chi connectivity index (χ0) is 14.6. The normalized spacial score (nSPS) is 35.7. The minimum absolute atomic E-state index is 0.0767. The average Bonchev–Trinajstić information content (AvgIpc) is 2.48. The molecule has 0 spiro atoms. The zero-order valence-electron chi connectivity index (χ0n) is 13.3.